The van der Waals surface area contributed by atoms with Crippen LogP contribution in [0, 0.1) is 0 Å². The van der Waals surface area contributed by atoms with Crippen LogP contribution in [0.25, 0.3) is 10.8 Å². The zero-order valence-corrected chi connectivity index (χ0v) is 11.6. The van der Waals surface area contributed by atoms with Gasteiger partial charge in [0, 0.05) is 16.6 Å². The van der Waals surface area contributed by atoms with E-state index in [1.165, 1.54) is 0 Å². The van der Waals surface area contributed by atoms with Crippen molar-refractivity contribution in [3.63, 3.8) is 0 Å². The van der Waals surface area contributed by atoms with Gasteiger partial charge >= 0.3 is 0 Å². The molecule has 0 aromatic heterocycles. The van der Waals surface area contributed by atoms with Crippen LogP contribution >= 0.6 is 15.9 Å². The van der Waals surface area contributed by atoms with Crippen LogP contribution in [0.15, 0.2) is 34.8 Å². The Morgan fingerprint density at radius 3 is 2.83 bits per heavy atom. The Morgan fingerprint density at radius 1 is 1.17 bits per heavy atom. The van der Waals surface area contributed by atoms with E-state index in [2.05, 4.69) is 22.0 Å². The van der Waals surface area contributed by atoms with Crippen molar-refractivity contribution in [3.05, 3.63) is 40.4 Å². The molecule has 0 aliphatic carbocycles. The van der Waals surface area contributed by atoms with Gasteiger partial charge in [-0.2, -0.15) is 0 Å². The monoisotopic (exact) mass is 306 g/mol. The number of hydrogen-bond donors (Lipinski definition) is 1. The maximum atomic E-state index is 10.1. The van der Waals surface area contributed by atoms with E-state index in [9.17, 15) is 5.11 Å². The molecule has 0 unspecified atom stereocenters. The number of benzene rings is 2. The van der Waals surface area contributed by atoms with Crippen LogP contribution in [0.3, 0.4) is 0 Å². The van der Waals surface area contributed by atoms with Crippen molar-refractivity contribution in [2.24, 2.45) is 0 Å². The fraction of sp³-hybridized carbons (Fsp3) is 0.333. The average molecular weight is 307 g/mol. The zero-order valence-electron chi connectivity index (χ0n) is 10.0. The van der Waals surface area contributed by atoms with Crippen molar-refractivity contribution in [1.82, 2.24) is 0 Å². The van der Waals surface area contributed by atoms with E-state index >= 15 is 0 Å². The third kappa shape index (κ3) is 2.13. The second kappa shape index (κ2) is 4.90. The SMILES string of the molecule is Oc1ccc2cc(Br)ccc2c1[C@H]1CCCCO1. The lowest BCUT2D eigenvalue weighted by Crippen LogP contribution is -2.12. The predicted octanol–water partition coefficient (Wildman–Crippen LogP) is 4.55. The molecule has 18 heavy (non-hydrogen) atoms. The summed E-state index contributed by atoms with van der Waals surface area (Å²) in [4.78, 5) is 0. The van der Waals surface area contributed by atoms with E-state index in [1.54, 1.807) is 6.07 Å². The normalized spacial score (nSPS) is 20.2. The average Bonchev–Trinajstić information content (AvgIpc) is 2.40. The number of aromatic hydroxyl groups is 1. The van der Waals surface area contributed by atoms with Crippen LogP contribution in [0.1, 0.15) is 30.9 Å². The first-order valence-corrected chi connectivity index (χ1v) is 7.08. The molecule has 0 radical (unpaired) electrons. The largest absolute Gasteiger partial charge is 0.508 e. The summed E-state index contributed by atoms with van der Waals surface area (Å²) in [6.45, 7) is 0.789. The fourth-order valence-corrected chi connectivity index (χ4v) is 3.00. The van der Waals surface area contributed by atoms with Gasteiger partial charge in [-0.3, -0.25) is 0 Å². The second-order valence-electron chi connectivity index (χ2n) is 4.72. The van der Waals surface area contributed by atoms with Crippen molar-refractivity contribution >= 4 is 26.7 Å². The lowest BCUT2D eigenvalue weighted by Gasteiger charge is -2.25. The molecular weight excluding hydrogens is 292 g/mol. The van der Waals surface area contributed by atoms with Crippen LogP contribution in [0.4, 0.5) is 0 Å². The molecule has 3 heteroatoms. The molecule has 94 valence electrons. The number of rotatable bonds is 1. The molecule has 0 amide bonds. The van der Waals surface area contributed by atoms with Crippen LogP contribution in [0.5, 0.6) is 5.75 Å². The standard InChI is InChI=1S/C15H15BrO2/c16-11-5-6-12-10(9-11)4-7-13(17)15(12)14-3-1-2-8-18-14/h4-7,9,14,17H,1-3,8H2/t14-/m1/s1. The molecule has 0 spiro atoms. The Kier molecular flexibility index (Phi) is 3.27. The first-order chi connectivity index (χ1) is 8.75. The molecule has 2 aromatic carbocycles. The molecule has 0 bridgehead atoms. The summed E-state index contributed by atoms with van der Waals surface area (Å²) in [7, 11) is 0. The highest BCUT2D eigenvalue weighted by molar-refractivity contribution is 9.10. The Labute approximate surface area is 115 Å². The number of ether oxygens (including phenoxy) is 1. The summed E-state index contributed by atoms with van der Waals surface area (Å²) in [5.41, 5.74) is 0.944. The molecule has 1 aliphatic heterocycles. The molecule has 1 N–H and O–H groups in total. The number of phenols is 1. The molecule has 2 aromatic rings. The van der Waals surface area contributed by atoms with Gasteiger partial charge in [0.15, 0.2) is 0 Å². The number of halogens is 1. The second-order valence-corrected chi connectivity index (χ2v) is 5.63. The van der Waals surface area contributed by atoms with Crippen LogP contribution in [-0.2, 0) is 4.74 Å². The number of phenolic OH excluding ortho intramolecular Hbond substituents is 1. The van der Waals surface area contributed by atoms with E-state index in [0.717, 1.165) is 46.7 Å². The number of hydrogen-bond acceptors (Lipinski definition) is 2. The summed E-state index contributed by atoms with van der Waals surface area (Å²) in [5, 5.41) is 12.4. The summed E-state index contributed by atoms with van der Waals surface area (Å²) in [5.74, 6) is 0.344. The molecule has 1 aliphatic rings. The Balaban J connectivity index is 2.16. The lowest BCUT2D eigenvalue weighted by atomic mass is 9.95. The van der Waals surface area contributed by atoms with E-state index in [4.69, 9.17) is 4.74 Å². The van der Waals surface area contributed by atoms with Gasteiger partial charge in [-0.05, 0) is 48.2 Å². The van der Waals surface area contributed by atoms with Gasteiger partial charge in [0.05, 0.1) is 6.10 Å². The molecule has 1 heterocycles. The molecule has 2 nitrogen and oxygen atoms in total. The third-order valence-electron chi connectivity index (χ3n) is 3.50. The van der Waals surface area contributed by atoms with Crippen LogP contribution in [-0.4, -0.2) is 11.7 Å². The fourth-order valence-electron chi connectivity index (χ4n) is 2.62. The minimum absolute atomic E-state index is 0.0311. The molecule has 0 saturated carbocycles. The third-order valence-corrected chi connectivity index (χ3v) is 4.00. The van der Waals surface area contributed by atoms with Crippen molar-refractivity contribution in [2.75, 3.05) is 6.61 Å². The van der Waals surface area contributed by atoms with Gasteiger partial charge in [-0.15, -0.1) is 0 Å². The van der Waals surface area contributed by atoms with E-state index in [-0.39, 0.29) is 6.10 Å². The molecular formula is C15H15BrO2. The highest BCUT2D eigenvalue weighted by Gasteiger charge is 2.21. The van der Waals surface area contributed by atoms with E-state index in [0.29, 0.717) is 5.75 Å². The minimum atomic E-state index is 0.0311. The minimum Gasteiger partial charge on any atom is -0.508 e. The van der Waals surface area contributed by atoms with E-state index in [1.807, 2.05) is 18.2 Å². The lowest BCUT2D eigenvalue weighted by molar-refractivity contribution is 0.0146. The van der Waals surface area contributed by atoms with Gasteiger partial charge < -0.3 is 9.84 Å². The first kappa shape index (κ1) is 12.0. The van der Waals surface area contributed by atoms with Crippen LogP contribution < -0.4 is 0 Å². The van der Waals surface area contributed by atoms with Gasteiger partial charge in [0.1, 0.15) is 5.75 Å². The zero-order chi connectivity index (χ0) is 12.5. The summed E-state index contributed by atoms with van der Waals surface area (Å²) >= 11 is 3.48. The highest BCUT2D eigenvalue weighted by atomic mass is 79.9. The van der Waals surface area contributed by atoms with Crippen molar-refractivity contribution in [2.45, 2.75) is 25.4 Å². The Morgan fingerprint density at radius 2 is 2.06 bits per heavy atom. The molecule has 3 rings (SSSR count). The van der Waals surface area contributed by atoms with Gasteiger partial charge in [-0.1, -0.05) is 28.1 Å². The van der Waals surface area contributed by atoms with Crippen molar-refractivity contribution in [1.29, 1.82) is 0 Å². The van der Waals surface area contributed by atoms with Crippen LogP contribution in [0.2, 0.25) is 0 Å². The maximum absolute atomic E-state index is 10.1. The smallest absolute Gasteiger partial charge is 0.122 e. The molecule has 1 saturated heterocycles. The van der Waals surface area contributed by atoms with Crippen molar-refractivity contribution in [3.8, 4) is 5.75 Å². The Hall–Kier alpha value is -1.06. The quantitative estimate of drug-likeness (QED) is 0.837. The molecule has 1 atom stereocenters. The topological polar surface area (TPSA) is 29.5 Å². The predicted molar refractivity (Wildman–Crippen MR) is 75.9 cm³/mol. The summed E-state index contributed by atoms with van der Waals surface area (Å²) in [6, 6.07) is 9.84. The van der Waals surface area contributed by atoms with Gasteiger partial charge in [0.2, 0.25) is 0 Å². The molecule has 1 fully saturated rings. The summed E-state index contributed by atoms with van der Waals surface area (Å²) < 4.78 is 6.86. The van der Waals surface area contributed by atoms with Crippen molar-refractivity contribution < 1.29 is 9.84 Å². The Bertz CT molecular complexity index is 574. The van der Waals surface area contributed by atoms with E-state index < -0.39 is 0 Å². The number of fused-ring (bicyclic) bond motifs is 1. The summed E-state index contributed by atoms with van der Waals surface area (Å²) in [6.07, 6.45) is 3.30. The first-order valence-electron chi connectivity index (χ1n) is 6.28. The van der Waals surface area contributed by atoms with Gasteiger partial charge in [-0.25, -0.2) is 0 Å². The van der Waals surface area contributed by atoms with Gasteiger partial charge in [0.25, 0.3) is 0 Å². The maximum Gasteiger partial charge on any atom is 0.122 e. The highest BCUT2D eigenvalue weighted by Crippen LogP contribution is 2.39.